The van der Waals surface area contributed by atoms with Gasteiger partial charge in [0.25, 0.3) is 0 Å². The summed E-state index contributed by atoms with van der Waals surface area (Å²) in [6.45, 7) is 6.18. The van der Waals surface area contributed by atoms with Crippen molar-refractivity contribution in [3.05, 3.63) is 45.3 Å². The number of hydrogen-bond donors (Lipinski definition) is 2. The maximum Gasteiger partial charge on any atom is 0.341 e. The fraction of sp³-hybridized carbons (Fsp3) is 0.458. The minimum absolute atomic E-state index is 0.0275. The number of likely N-dealkylation sites (N-methyl/N-ethyl adjacent to an activating group) is 1. The van der Waals surface area contributed by atoms with Crippen molar-refractivity contribution in [3.63, 3.8) is 0 Å². The van der Waals surface area contributed by atoms with E-state index in [1.807, 2.05) is 32.0 Å². The van der Waals surface area contributed by atoms with Crippen molar-refractivity contribution in [1.29, 1.82) is 0 Å². The molecule has 7 nitrogen and oxygen atoms in total. The van der Waals surface area contributed by atoms with Crippen LogP contribution in [0.3, 0.4) is 0 Å². The second-order valence-corrected chi connectivity index (χ2v) is 9.69. The third kappa shape index (κ3) is 5.55. The molecule has 0 spiro atoms. The van der Waals surface area contributed by atoms with Crippen LogP contribution in [0.1, 0.15) is 45.3 Å². The van der Waals surface area contributed by atoms with E-state index in [0.29, 0.717) is 16.5 Å². The Morgan fingerprint density at radius 3 is 2.38 bits per heavy atom. The number of carbonyl (C=O) groups excluding carboxylic acids is 3. The highest BCUT2D eigenvalue weighted by atomic mass is 32.1. The predicted octanol–water partition coefficient (Wildman–Crippen LogP) is 3.79. The molecule has 32 heavy (non-hydrogen) atoms. The van der Waals surface area contributed by atoms with Crippen LogP contribution in [0.5, 0.6) is 0 Å². The van der Waals surface area contributed by atoms with Crippen molar-refractivity contribution in [2.45, 2.75) is 40.0 Å². The number of fused-ring (bicyclic) bond motifs is 1. The van der Waals surface area contributed by atoms with Crippen molar-refractivity contribution in [2.75, 3.05) is 37.9 Å². The van der Waals surface area contributed by atoms with E-state index in [-0.39, 0.29) is 24.9 Å². The molecule has 3 rings (SSSR count). The number of rotatable bonds is 7. The number of amides is 2. The number of esters is 1. The van der Waals surface area contributed by atoms with Crippen LogP contribution in [-0.2, 0) is 27.2 Å². The largest absolute Gasteiger partial charge is 0.465 e. The highest BCUT2D eigenvalue weighted by molar-refractivity contribution is 7.17. The van der Waals surface area contributed by atoms with Crippen molar-refractivity contribution < 1.29 is 19.1 Å². The topological polar surface area (TPSA) is 87.7 Å². The standard InChI is InChI=1S/C24H31N3O4S/c1-14-9-10-17-18(11-14)32-23(21(17)24(30)31-5)26-20(29)13-27(4)12-19(28)25-22-15(2)7-6-8-16(22)3/h6-8,14H,9-13H2,1-5H3,(H,25,28)(H,26,29). The van der Waals surface area contributed by atoms with Gasteiger partial charge >= 0.3 is 5.97 Å². The summed E-state index contributed by atoms with van der Waals surface area (Å²) in [7, 11) is 3.07. The fourth-order valence-electron chi connectivity index (χ4n) is 4.06. The van der Waals surface area contributed by atoms with Gasteiger partial charge in [0.2, 0.25) is 11.8 Å². The van der Waals surface area contributed by atoms with Gasteiger partial charge in [-0.05, 0) is 62.8 Å². The van der Waals surface area contributed by atoms with E-state index in [0.717, 1.165) is 46.5 Å². The summed E-state index contributed by atoms with van der Waals surface area (Å²) in [5.41, 5.74) is 4.26. The summed E-state index contributed by atoms with van der Waals surface area (Å²) >= 11 is 1.45. The Hall–Kier alpha value is -2.71. The number of nitrogens with one attached hydrogen (secondary N) is 2. The number of anilines is 2. The molecule has 0 fully saturated rings. The molecule has 0 saturated carbocycles. The number of hydrogen-bond acceptors (Lipinski definition) is 6. The Bertz CT molecular complexity index is 1010. The highest BCUT2D eigenvalue weighted by Gasteiger charge is 2.29. The first-order valence-electron chi connectivity index (χ1n) is 10.8. The third-order valence-electron chi connectivity index (χ3n) is 5.73. The molecular weight excluding hydrogens is 426 g/mol. The zero-order valence-corrected chi connectivity index (χ0v) is 20.1. The predicted molar refractivity (Wildman–Crippen MR) is 128 cm³/mol. The van der Waals surface area contributed by atoms with Gasteiger partial charge in [-0.3, -0.25) is 14.5 Å². The molecule has 8 heteroatoms. The van der Waals surface area contributed by atoms with Crippen LogP contribution in [0.15, 0.2) is 18.2 Å². The Kier molecular flexibility index (Phi) is 7.69. The number of para-hydroxylation sites is 1. The lowest BCUT2D eigenvalue weighted by Gasteiger charge is -2.18. The van der Waals surface area contributed by atoms with Gasteiger partial charge in [-0.15, -0.1) is 11.3 Å². The quantitative estimate of drug-likeness (QED) is 0.618. The van der Waals surface area contributed by atoms with Gasteiger partial charge in [-0.25, -0.2) is 4.79 Å². The molecule has 1 unspecified atom stereocenters. The number of ether oxygens (including phenoxy) is 1. The fourth-order valence-corrected chi connectivity index (χ4v) is 5.47. The molecule has 1 aliphatic rings. The van der Waals surface area contributed by atoms with Crippen LogP contribution in [0.2, 0.25) is 0 Å². The summed E-state index contributed by atoms with van der Waals surface area (Å²) in [6, 6.07) is 5.84. The Balaban J connectivity index is 1.63. The molecule has 172 valence electrons. The van der Waals surface area contributed by atoms with Crippen molar-refractivity contribution in [3.8, 4) is 0 Å². The average Bonchev–Trinajstić information content (AvgIpc) is 3.06. The minimum atomic E-state index is -0.423. The van der Waals surface area contributed by atoms with Gasteiger partial charge in [0, 0.05) is 10.6 Å². The second kappa shape index (κ2) is 10.3. The van der Waals surface area contributed by atoms with Crippen LogP contribution < -0.4 is 10.6 Å². The van der Waals surface area contributed by atoms with Gasteiger partial charge in [-0.2, -0.15) is 0 Å². The van der Waals surface area contributed by atoms with E-state index in [1.165, 1.54) is 18.4 Å². The van der Waals surface area contributed by atoms with Crippen LogP contribution in [0, 0.1) is 19.8 Å². The van der Waals surface area contributed by atoms with E-state index in [9.17, 15) is 14.4 Å². The van der Waals surface area contributed by atoms with Crippen LogP contribution in [0.25, 0.3) is 0 Å². The van der Waals surface area contributed by atoms with Gasteiger partial charge in [0.05, 0.1) is 25.8 Å². The molecule has 0 radical (unpaired) electrons. The van der Waals surface area contributed by atoms with Gasteiger partial charge < -0.3 is 15.4 Å². The maximum atomic E-state index is 12.7. The van der Waals surface area contributed by atoms with Crippen molar-refractivity contribution >= 4 is 39.8 Å². The molecular formula is C24H31N3O4S. The Morgan fingerprint density at radius 2 is 1.75 bits per heavy atom. The first-order valence-corrected chi connectivity index (χ1v) is 11.6. The zero-order chi connectivity index (χ0) is 23.4. The normalized spacial score (nSPS) is 15.2. The first kappa shape index (κ1) is 23.9. The number of methoxy groups -OCH3 is 1. The molecule has 1 heterocycles. The summed E-state index contributed by atoms with van der Waals surface area (Å²) < 4.78 is 4.97. The molecule has 2 N–H and O–H groups in total. The van der Waals surface area contributed by atoms with E-state index in [2.05, 4.69) is 17.6 Å². The number of thiophene rings is 1. The zero-order valence-electron chi connectivity index (χ0n) is 19.3. The number of aryl methyl sites for hydroxylation is 2. The summed E-state index contributed by atoms with van der Waals surface area (Å²) in [6.07, 6.45) is 2.73. The lowest BCUT2D eigenvalue weighted by atomic mass is 9.88. The maximum absolute atomic E-state index is 12.7. The van der Waals surface area contributed by atoms with Crippen molar-refractivity contribution in [1.82, 2.24) is 4.90 Å². The van der Waals surface area contributed by atoms with E-state index in [4.69, 9.17) is 4.74 Å². The van der Waals surface area contributed by atoms with Gasteiger partial charge in [0.15, 0.2) is 0 Å². The van der Waals surface area contributed by atoms with E-state index < -0.39 is 5.97 Å². The molecule has 2 aromatic rings. The van der Waals surface area contributed by atoms with E-state index in [1.54, 1.807) is 11.9 Å². The molecule has 2 amide bonds. The van der Waals surface area contributed by atoms with Crippen LogP contribution >= 0.6 is 11.3 Å². The monoisotopic (exact) mass is 457 g/mol. The molecule has 1 aromatic carbocycles. The van der Waals surface area contributed by atoms with Crippen LogP contribution in [0.4, 0.5) is 10.7 Å². The molecule has 1 atom stereocenters. The average molecular weight is 458 g/mol. The summed E-state index contributed by atoms with van der Waals surface area (Å²) in [4.78, 5) is 40.3. The lowest BCUT2D eigenvalue weighted by molar-refractivity contribution is -0.119. The second-order valence-electron chi connectivity index (χ2n) is 8.58. The minimum Gasteiger partial charge on any atom is -0.465 e. The molecule has 1 aliphatic carbocycles. The molecule has 1 aromatic heterocycles. The van der Waals surface area contributed by atoms with Gasteiger partial charge in [0.1, 0.15) is 5.00 Å². The molecule has 0 bridgehead atoms. The third-order valence-corrected chi connectivity index (χ3v) is 6.90. The highest BCUT2D eigenvalue weighted by Crippen LogP contribution is 2.40. The van der Waals surface area contributed by atoms with E-state index >= 15 is 0 Å². The SMILES string of the molecule is COC(=O)c1c(NC(=O)CN(C)CC(=O)Nc2c(C)cccc2C)sc2c1CCC(C)C2. The van der Waals surface area contributed by atoms with Crippen molar-refractivity contribution in [2.24, 2.45) is 5.92 Å². The summed E-state index contributed by atoms with van der Waals surface area (Å²) in [5, 5.41) is 6.34. The first-order chi connectivity index (χ1) is 15.2. The lowest BCUT2D eigenvalue weighted by Crippen LogP contribution is -2.36. The van der Waals surface area contributed by atoms with Crippen LogP contribution in [-0.4, -0.2) is 49.9 Å². The van der Waals surface area contributed by atoms with Gasteiger partial charge in [-0.1, -0.05) is 25.1 Å². The number of nitrogens with zero attached hydrogens (tertiary/aromatic N) is 1. The molecule has 0 saturated heterocycles. The number of benzene rings is 1. The smallest absolute Gasteiger partial charge is 0.341 e. The Labute approximate surface area is 193 Å². The molecule has 0 aliphatic heterocycles. The number of carbonyl (C=O) groups is 3. The summed E-state index contributed by atoms with van der Waals surface area (Å²) in [5.74, 6) is -0.330. The Morgan fingerprint density at radius 1 is 1.12 bits per heavy atom.